The molecule has 0 aliphatic heterocycles. The maximum absolute atomic E-state index is 5.79. The van der Waals surface area contributed by atoms with Crippen LogP contribution in [0.3, 0.4) is 0 Å². The van der Waals surface area contributed by atoms with Crippen molar-refractivity contribution >= 4 is 0 Å². The first-order valence-corrected chi connectivity index (χ1v) is 5.34. The third-order valence-electron chi connectivity index (χ3n) is 2.39. The quantitative estimate of drug-likeness (QED) is 0.846. The van der Waals surface area contributed by atoms with E-state index >= 15 is 0 Å². The zero-order valence-corrected chi connectivity index (χ0v) is 9.87. The molecule has 0 saturated carbocycles. The predicted octanol–water partition coefficient (Wildman–Crippen LogP) is 0.828. The van der Waals surface area contributed by atoms with Crippen LogP contribution >= 0.6 is 0 Å². The third-order valence-corrected chi connectivity index (χ3v) is 2.39. The van der Waals surface area contributed by atoms with Crippen molar-refractivity contribution in [3.8, 4) is 5.69 Å². The molecule has 0 amide bonds. The van der Waals surface area contributed by atoms with E-state index in [1.807, 2.05) is 31.2 Å². The first-order chi connectivity index (χ1) is 8.22. The van der Waals surface area contributed by atoms with E-state index in [0.29, 0.717) is 12.4 Å². The molecule has 2 rings (SSSR count). The number of methoxy groups -OCH3 is 1. The molecule has 90 valence electrons. The van der Waals surface area contributed by atoms with E-state index < -0.39 is 0 Å². The van der Waals surface area contributed by atoms with Gasteiger partial charge in [-0.1, -0.05) is 12.1 Å². The topological polar surface area (TPSA) is 78.8 Å². The maximum Gasteiger partial charge on any atom is 0.173 e. The zero-order valence-electron chi connectivity index (χ0n) is 9.87. The van der Waals surface area contributed by atoms with Crippen LogP contribution in [0.1, 0.15) is 24.4 Å². The summed E-state index contributed by atoms with van der Waals surface area (Å²) < 4.78 is 6.69. The number of hydrogen-bond acceptors (Lipinski definition) is 5. The lowest BCUT2D eigenvalue weighted by molar-refractivity contribution is 0.185. The number of benzene rings is 1. The summed E-state index contributed by atoms with van der Waals surface area (Å²) in [6.45, 7) is 2.44. The van der Waals surface area contributed by atoms with Gasteiger partial charge in [0.05, 0.1) is 18.3 Å². The van der Waals surface area contributed by atoms with Gasteiger partial charge in [0, 0.05) is 7.11 Å². The van der Waals surface area contributed by atoms with Crippen molar-refractivity contribution in [3.63, 3.8) is 0 Å². The Morgan fingerprint density at radius 2 is 2.06 bits per heavy atom. The lowest BCUT2D eigenvalue weighted by Gasteiger charge is -2.07. The summed E-state index contributed by atoms with van der Waals surface area (Å²) in [6.07, 6.45) is 0. The summed E-state index contributed by atoms with van der Waals surface area (Å²) in [6, 6.07) is 7.63. The summed E-state index contributed by atoms with van der Waals surface area (Å²) in [5, 5.41) is 11.5. The summed E-state index contributed by atoms with van der Waals surface area (Å²) in [7, 11) is 1.67. The van der Waals surface area contributed by atoms with Crippen LogP contribution in [0.5, 0.6) is 0 Å². The van der Waals surface area contributed by atoms with Gasteiger partial charge in [-0.2, -0.15) is 4.68 Å². The second-order valence-corrected chi connectivity index (χ2v) is 3.84. The first-order valence-electron chi connectivity index (χ1n) is 5.34. The number of tetrazole rings is 1. The Kier molecular flexibility index (Phi) is 3.46. The highest BCUT2D eigenvalue weighted by Crippen LogP contribution is 2.13. The standard InChI is InChI=1S/C11H15N5O/c1-8(12)11-13-14-15-16(11)10-5-3-9(4-6-10)7-17-2/h3-6,8H,7,12H2,1-2H3. The molecule has 0 bridgehead atoms. The smallest absolute Gasteiger partial charge is 0.173 e. The number of nitrogens with zero attached hydrogens (tertiary/aromatic N) is 4. The van der Waals surface area contributed by atoms with Gasteiger partial charge in [-0.15, -0.1) is 5.10 Å². The van der Waals surface area contributed by atoms with Crippen molar-refractivity contribution in [2.45, 2.75) is 19.6 Å². The zero-order chi connectivity index (χ0) is 12.3. The van der Waals surface area contributed by atoms with E-state index in [2.05, 4.69) is 15.5 Å². The largest absolute Gasteiger partial charge is 0.380 e. The lowest BCUT2D eigenvalue weighted by Crippen LogP contribution is -2.13. The van der Waals surface area contributed by atoms with E-state index in [0.717, 1.165) is 11.3 Å². The molecule has 1 heterocycles. The summed E-state index contributed by atoms with van der Waals surface area (Å²) >= 11 is 0. The number of hydrogen-bond donors (Lipinski definition) is 1. The van der Waals surface area contributed by atoms with Crippen molar-refractivity contribution in [1.29, 1.82) is 0 Å². The first kappa shape index (κ1) is 11.7. The molecular formula is C11H15N5O. The van der Waals surface area contributed by atoms with Crippen LogP contribution in [0.25, 0.3) is 5.69 Å². The van der Waals surface area contributed by atoms with Gasteiger partial charge >= 0.3 is 0 Å². The minimum Gasteiger partial charge on any atom is -0.380 e. The molecule has 6 heteroatoms. The van der Waals surface area contributed by atoms with Crippen molar-refractivity contribution in [2.24, 2.45) is 5.73 Å². The maximum atomic E-state index is 5.79. The second kappa shape index (κ2) is 5.03. The lowest BCUT2D eigenvalue weighted by atomic mass is 10.2. The molecule has 1 unspecified atom stereocenters. The van der Waals surface area contributed by atoms with E-state index in [9.17, 15) is 0 Å². The Balaban J connectivity index is 2.30. The molecule has 1 atom stereocenters. The fourth-order valence-electron chi connectivity index (χ4n) is 1.56. The molecule has 2 N–H and O–H groups in total. The van der Waals surface area contributed by atoms with Crippen LogP contribution in [0.15, 0.2) is 24.3 Å². The van der Waals surface area contributed by atoms with Crippen LogP contribution in [0, 0.1) is 0 Å². The highest BCUT2D eigenvalue weighted by molar-refractivity contribution is 5.34. The summed E-state index contributed by atoms with van der Waals surface area (Å²) in [5.41, 5.74) is 7.78. The van der Waals surface area contributed by atoms with Crippen molar-refractivity contribution < 1.29 is 4.74 Å². The van der Waals surface area contributed by atoms with Gasteiger partial charge in [0.1, 0.15) is 0 Å². The Hall–Kier alpha value is -1.79. The molecule has 1 aromatic carbocycles. The number of aromatic nitrogens is 4. The Morgan fingerprint density at radius 3 is 2.65 bits per heavy atom. The van der Waals surface area contributed by atoms with Crippen LogP contribution in [0.2, 0.25) is 0 Å². The molecule has 17 heavy (non-hydrogen) atoms. The average Bonchev–Trinajstić information content (AvgIpc) is 2.79. The number of rotatable bonds is 4. The van der Waals surface area contributed by atoms with Crippen LogP contribution < -0.4 is 5.73 Å². The molecule has 0 radical (unpaired) electrons. The molecule has 0 aliphatic rings. The van der Waals surface area contributed by atoms with Crippen molar-refractivity contribution in [1.82, 2.24) is 20.2 Å². The molecule has 2 aromatic rings. The average molecular weight is 233 g/mol. The minimum absolute atomic E-state index is 0.205. The number of nitrogens with two attached hydrogens (primary N) is 1. The van der Waals surface area contributed by atoms with Crippen LogP contribution in [0.4, 0.5) is 0 Å². The highest BCUT2D eigenvalue weighted by atomic mass is 16.5. The molecule has 1 aromatic heterocycles. The van der Waals surface area contributed by atoms with Gasteiger partial charge in [-0.25, -0.2) is 0 Å². The van der Waals surface area contributed by atoms with Crippen molar-refractivity contribution in [2.75, 3.05) is 7.11 Å². The van der Waals surface area contributed by atoms with Gasteiger partial charge in [-0.3, -0.25) is 0 Å². The second-order valence-electron chi connectivity index (χ2n) is 3.84. The monoisotopic (exact) mass is 233 g/mol. The van der Waals surface area contributed by atoms with Crippen LogP contribution in [-0.4, -0.2) is 27.3 Å². The molecule has 0 aliphatic carbocycles. The van der Waals surface area contributed by atoms with E-state index in [4.69, 9.17) is 10.5 Å². The Labute approximate surface area is 99.4 Å². The van der Waals surface area contributed by atoms with Gasteiger partial charge < -0.3 is 10.5 Å². The molecule has 0 saturated heterocycles. The van der Waals surface area contributed by atoms with Gasteiger partial charge in [-0.05, 0) is 35.0 Å². The predicted molar refractivity (Wildman–Crippen MR) is 62.5 cm³/mol. The minimum atomic E-state index is -0.205. The van der Waals surface area contributed by atoms with Gasteiger partial charge in [0.25, 0.3) is 0 Å². The molecule has 6 nitrogen and oxygen atoms in total. The molecular weight excluding hydrogens is 218 g/mol. The van der Waals surface area contributed by atoms with E-state index in [-0.39, 0.29) is 6.04 Å². The SMILES string of the molecule is COCc1ccc(-n2nnnc2C(C)N)cc1. The summed E-state index contributed by atoms with van der Waals surface area (Å²) in [5.74, 6) is 0.643. The normalized spacial score (nSPS) is 12.6. The molecule has 0 fully saturated rings. The van der Waals surface area contributed by atoms with E-state index in [1.54, 1.807) is 11.8 Å². The fraction of sp³-hybridized carbons (Fsp3) is 0.364. The van der Waals surface area contributed by atoms with Crippen LogP contribution in [-0.2, 0) is 11.3 Å². The van der Waals surface area contributed by atoms with Gasteiger partial charge in [0.15, 0.2) is 5.82 Å². The third kappa shape index (κ3) is 2.48. The Morgan fingerprint density at radius 1 is 1.35 bits per heavy atom. The Bertz CT molecular complexity index is 477. The molecule has 0 spiro atoms. The summed E-state index contributed by atoms with van der Waals surface area (Å²) in [4.78, 5) is 0. The fourth-order valence-corrected chi connectivity index (χ4v) is 1.56. The highest BCUT2D eigenvalue weighted by Gasteiger charge is 2.11. The van der Waals surface area contributed by atoms with Gasteiger partial charge in [0.2, 0.25) is 0 Å². The van der Waals surface area contributed by atoms with Crippen molar-refractivity contribution in [3.05, 3.63) is 35.7 Å². The number of ether oxygens (including phenoxy) is 1. The van der Waals surface area contributed by atoms with E-state index in [1.165, 1.54) is 0 Å².